The summed E-state index contributed by atoms with van der Waals surface area (Å²) in [4.78, 5) is 26.1. The lowest BCUT2D eigenvalue weighted by molar-refractivity contribution is -0.140. The molecule has 39 heavy (non-hydrogen) atoms. The molecule has 3 atom stereocenters. The molecule has 2 aromatic carbocycles. The van der Waals surface area contributed by atoms with Crippen molar-refractivity contribution < 1.29 is 28.9 Å². The number of aliphatic hydroxyl groups is 1. The van der Waals surface area contributed by atoms with E-state index in [0.29, 0.717) is 62.2 Å². The fourth-order valence-electron chi connectivity index (χ4n) is 5.91. The Kier molecular flexibility index (Phi) is 9.94. The average Bonchev–Trinajstić information content (AvgIpc) is 2.95. The summed E-state index contributed by atoms with van der Waals surface area (Å²) < 4.78 is 21.3. The Morgan fingerprint density at radius 1 is 1.26 bits per heavy atom. The molecule has 0 bridgehead atoms. The van der Waals surface area contributed by atoms with Gasteiger partial charge in [-0.05, 0) is 54.9 Å². The Labute approximate surface area is 229 Å². The Morgan fingerprint density at radius 3 is 2.82 bits per heavy atom. The van der Waals surface area contributed by atoms with Gasteiger partial charge in [-0.25, -0.2) is 9.18 Å². The van der Waals surface area contributed by atoms with E-state index in [1.54, 1.807) is 17.0 Å². The van der Waals surface area contributed by atoms with Gasteiger partial charge in [-0.2, -0.15) is 0 Å². The van der Waals surface area contributed by atoms with Crippen LogP contribution in [0, 0.1) is 11.7 Å². The summed E-state index contributed by atoms with van der Waals surface area (Å²) in [5, 5.41) is 27.1. The Balaban J connectivity index is 1.65. The number of piperidine rings is 1. The Morgan fingerprint density at radius 2 is 2.08 bits per heavy atom. The molecule has 2 heterocycles. The standard InChI is InChI=1S/C30H40FN3O5/c1-2-21-7-3-8-22(17-21)28-25(10-4-11-26(28)31)30(38,12-6-13-33-29(36)37)23-9-5-15-34(20-23)27(35)18-24-19-32-14-16-39-24/h3-4,7-8,10-11,17,23-24,32-33,38H,2,5-6,9,12-16,18-20H2,1H3,(H,36,37)/t23-,24?,30?/m1/s1. The van der Waals surface area contributed by atoms with Gasteiger partial charge in [0.1, 0.15) is 5.82 Å². The van der Waals surface area contributed by atoms with Gasteiger partial charge in [0.15, 0.2) is 0 Å². The monoisotopic (exact) mass is 541 g/mol. The van der Waals surface area contributed by atoms with Gasteiger partial charge in [0, 0.05) is 44.2 Å². The van der Waals surface area contributed by atoms with Crippen molar-refractivity contribution in [3.05, 3.63) is 59.4 Å². The summed E-state index contributed by atoms with van der Waals surface area (Å²) in [6.45, 7) is 5.12. The largest absolute Gasteiger partial charge is 0.465 e. The second-order valence-electron chi connectivity index (χ2n) is 10.6. The molecule has 2 unspecified atom stereocenters. The van der Waals surface area contributed by atoms with Crippen molar-refractivity contribution >= 4 is 12.0 Å². The SMILES string of the molecule is CCc1cccc(-c2c(F)cccc2C(O)(CCCNC(=O)O)[C@@H]2CCCN(C(=O)CC3CNCCO3)C2)c1. The van der Waals surface area contributed by atoms with Crippen LogP contribution in [0.1, 0.15) is 50.2 Å². The van der Waals surface area contributed by atoms with Crippen LogP contribution in [0.2, 0.25) is 0 Å². The molecule has 212 valence electrons. The molecule has 2 fully saturated rings. The van der Waals surface area contributed by atoms with Crippen LogP contribution in [-0.2, 0) is 21.6 Å². The van der Waals surface area contributed by atoms with Gasteiger partial charge in [-0.15, -0.1) is 0 Å². The van der Waals surface area contributed by atoms with Crippen LogP contribution in [0.5, 0.6) is 0 Å². The smallest absolute Gasteiger partial charge is 0.404 e. The summed E-state index contributed by atoms with van der Waals surface area (Å²) >= 11 is 0. The lowest BCUT2D eigenvalue weighted by Gasteiger charge is -2.44. The van der Waals surface area contributed by atoms with E-state index in [1.165, 1.54) is 6.07 Å². The number of nitrogens with zero attached hydrogens (tertiary/aromatic N) is 1. The van der Waals surface area contributed by atoms with Gasteiger partial charge >= 0.3 is 6.09 Å². The zero-order valence-electron chi connectivity index (χ0n) is 22.6. The second-order valence-corrected chi connectivity index (χ2v) is 10.6. The molecule has 2 aliphatic rings. The second kappa shape index (κ2) is 13.4. The minimum Gasteiger partial charge on any atom is -0.465 e. The van der Waals surface area contributed by atoms with Crippen molar-refractivity contribution in [1.29, 1.82) is 0 Å². The lowest BCUT2D eigenvalue weighted by atomic mass is 9.72. The number of aryl methyl sites for hydroxylation is 1. The van der Waals surface area contributed by atoms with Crippen LogP contribution >= 0.6 is 0 Å². The van der Waals surface area contributed by atoms with Gasteiger partial charge in [-0.3, -0.25) is 4.79 Å². The topological polar surface area (TPSA) is 111 Å². The molecule has 0 aliphatic carbocycles. The number of amides is 2. The number of likely N-dealkylation sites (tertiary alicyclic amines) is 1. The van der Waals surface area contributed by atoms with E-state index in [2.05, 4.69) is 10.6 Å². The van der Waals surface area contributed by atoms with Crippen molar-refractivity contribution in [3.8, 4) is 11.1 Å². The predicted octanol–water partition coefficient (Wildman–Crippen LogP) is 3.91. The first-order chi connectivity index (χ1) is 18.8. The van der Waals surface area contributed by atoms with Gasteiger partial charge in [0.05, 0.1) is 24.7 Å². The number of morpholine rings is 1. The highest BCUT2D eigenvalue weighted by molar-refractivity contribution is 5.77. The Hall–Kier alpha value is -3.01. The number of rotatable bonds is 10. The highest BCUT2D eigenvalue weighted by atomic mass is 19.1. The molecule has 0 radical (unpaired) electrons. The van der Waals surface area contributed by atoms with E-state index in [1.807, 2.05) is 31.2 Å². The first-order valence-corrected chi connectivity index (χ1v) is 14.0. The van der Waals surface area contributed by atoms with Crippen molar-refractivity contribution in [2.24, 2.45) is 5.92 Å². The molecule has 0 saturated carbocycles. The van der Waals surface area contributed by atoms with Crippen LogP contribution in [0.25, 0.3) is 11.1 Å². The van der Waals surface area contributed by atoms with E-state index in [9.17, 15) is 14.7 Å². The zero-order valence-corrected chi connectivity index (χ0v) is 22.6. The molecule has 2 aliphatic heterocycles. The molecule has 0 aromatic heterocycles. The number of nitrogens with one attached hydrogen (secondary N) is 2. The van der Waals surface area contributed by atoms with E-state index in [4.69, 9.17) is 9.84 Å². The number of halogens is 1. The number of ether oxygens (including phenoxy) is 1. The first kappa shape index (κ1) is 29.0. The number of carboxylic acid groups (broad SMARTS) is 1. The summed E-state index contributed by atoms with van der Waals surface area (Å²) in [7, 11) is 0. The fourth-order valence-corrected chi connectivity index (χ4v) is 5.91. The van der Waals surface area contributed by atoms with Gasteiger partial charge < -0.3 is 30.5 Å². The molecule has 2 saturated heterocycles. The van der Waals surface area contributed by atoms with Crippen LogP contribution in [-0.4, -0.2) is 72.5 Å². The molecule has 2 aromatic rings. The number of carbonyl (C=O) groups excluding carboxylic acids is 1. The number of hydrogen-bond donors (Lipinski definition) is 4. The number of hydrogen-bond acceptors (Lipinski definition) is 5. The predicted molar refractivity (Wildman–Crippen MR) is 147 cm³/mol. The summed E-state index contributed by atoms with van der Waals surface area (Å²) in [6, 6.07) is 12.5. The molecule has 4 rings (SSSR count). The highest BCUT2D eigenvalue weighted by Gasteiger charge is 2.43. The molecule has 2 amide bonds. The van der Waals surface area contributed by atoms with Gasteiger partial charge in [-0.1, -0.05) is 43.3 Å². The highest BCUT2D eigenvalue weighted by Crippen LogP contribution is 2.44. The molecule has 8 nitrogen and oxygen atoms in total. The van der Waals surface area contributed by atoms with Crippen molar-refractivity contribution in [1.82, 2.24) is 15.5 Å². The third-order valence-corrected chi connectivity index (χ3v) is 7.97. The maximum Gasteiger partial charge on any atom is 0.404 e. The lowest BCUT2D eigenvalue weighted by Crippen LogP contribution is -2.50. The summed E-state index contributed by atoms with van der Waals surface area (Å²) in [5.41, 5.74) is 1.11. The molecule has 4 N–H and O–H groups in total. The van der Waals surface area contributed by atoms with E-state index >= 15 is 4.39 Å². The molecular formula is C30H40FN3O5. The fraction of sp³-hybridized carbons (Fsp3) is 0.533. The van der Waals surface area contributed by atoms with Crippen molar-refractivity contribution in [2.75, 3.05) is 39.3 Å². The van der Waals surface area contributed by atoms with Gasteiger partial charge in [0.25, 0.3) is 0 Å². The van der Waals surface area contributed by atoms with Crippen LogP contribution in [0.15, 0.2) is 42.5 Å². The van der Waals surface area contributed by atoms with E-state index < -0.39 is 17.5 Å². The van der Waals surface area contributed by atoms with E-state index in [0.717, 1.165) is 18.5 Å². The van der Waals surface area contributed by atoms with Crippen LogP contribution in [0.4, 0.5) is 9.18 Å². The minimum absolute atomic E-state index is 0.0154. The third kappa shape index (κ3) is 7.15. The average molecular weight is 542 g/mol. The zero-order chi connectivity index (χ0) is 27.8. The van der Waals surface area contributed by atoms with Crippen LogP contribution in [0.3, 0.4) is 0 Å². The quantitative estimate of drug-likeness (QED) is 0.340. The van der Waals surface area contributed by atoms with Crippen molar-refractivity contribution in [2.45, 2.75) is 57.2 Å². The summed E-state index contributed by atoms with van der Waals surface area (Å²) in [5.74, 6) is -0.785. The normalized spacial score (nSPS) is 21.3. The maximum atomic E-state index is 15.5. The minimum atomic E-state index is -1.47. The van der Waals surface area contributed by atoms with Crippen molar-refractivity contribution in [3.63, 3.8) is 0 Å². The molecule has 0 spiro atoms. The van der Waals surface area contributed by atoms with Crippen LogP contribution < -0.4 is 10.6 Å². The third-order valence-electron chi connectivity index (χ3n) is 7.97. The van der Waals surface area contributed by atoms with E-state index in [-0.39, 0.29) is 37.3 Å². The Bertz CT molecular complexity index is 1140. The first-order valence-electron chi connectivity index (χ1n) is 14.0. The maximum absolute atomic E-state index is 15.5. The molecule has 9 heteroatoms. The summed E-state index contributed by atoms with van der Waals surface area (Å²) in [6.07, 6.45) is 1.73. The number of carbonyl (C=O) groups is 2. The molecular weight excluding hydrogens is 501 g/mol. The number of benzene rings is 2. The van der Waals surface area contributed by atoms with Gasteiger partial charge in [0.2, 0.25) is 5.91 Å².